The van der Waals surface area contributed by atoms with Crippen LogP contribution in [0.15, 0.2) is 6.20 Å². The van der Waals surface area contributed by atoms with Gasteiger partial charge in [-0.25, -0.2) is 10.8 Å². The number of nitrogens with one attached hydrogen (secondary N) is 3. The first kappa shape index (κ1) is 15.1. The number of nitrogens with two attached hydrogens (primary N) is 1. The average Bonchev–Trinajstić information content (AvgIpc) is 2.41. The highest BCUT2D eigenvalue weighted by molar-refractivity contribution is 5.84. The van der Waals surface area contributed by atoms with Crippen LogP contribution in [-0.2, 0) is 9.53 Å². The normalized spacial score (nSPS) is 11.8. The molecular weight excluding hydrogens is 248 g/mol. The number of hydrogen-bond acceptors (Lipinski definition) is 7. The first-order valence-electron chi connectivity index (χ1n) is 5.92. The van der Waals surface area contributed by atoms with E-state index in [1.807, 2.05) is 6.92 Å². The minimum Gasteiger partial charge on any atom is -0.383 e. The van der Waals surface area contributed by atoms with Crippen molar-refractivity contribution in [2.24, 2.45) is 5.84 Å². The number of aryl methyl sites for hydroxylation is 1. The van der Waals surface area contributed by atoms with Crippen LogP contribution >= 0.6 is 0 Å². The molecule has 106 valence electrons. The molecule has 19 heavy (non-hydrogen) atoms. The van der Waals surface area contributed by atoms with Gasteiger partial charge in [0.25, 0.3) is 0 Å². The molecule has 1 rings (SSSR count). The van der Waals surface area contributed by atoms with Crippen LogP contribution in [0.4, 0.5) is 11.8 Å². The zero-order chi connectivity index (χ0) is 14.3. The van der Waals surface area contributed by atoms with Gasteiger partial charge in [0.05, 0.1) is 6.61 Å². The standard InChI is InChI=1S/C11H20N6O2/c1-7-6-14-11(17-12)16-9(7)15-8(2)10(18)13-4-5-19-3/h6,8H,4-5,12H2,1-3H3,(H,13,18)(H2,14,15,16,17). The number of nitrogens with zero attached hydrogens (tertiary/aromatic N) is 2. The maximum absolute atomic E-state index is 11.8. The highest BCUT2D eigenvalue weighted by Gasteiger charge is 2.14. The molecule has 0 aliphatic carbocycles. The smallest absolute Gasteiger partial charge is 0.242 e. The van der Waals surface area contributed by atoms with Gasteiger partial charge in [0.2, 0.25) is 11.9 Å². The lowest BCUT2D eigenvalue weighted by Crippen LogP contribution is -2.39. The van der Waals surface area contributed by atoms with Gasteiger partial charge in [-0.05, 0) is 13.8 Å². The number of hydrazine groups is 1. The summed E-state index contributed by atoms with van der Waals surface area (Å²) >= 11 is 0. The lowest BCUT2D eigenvalue weighted by atomic mass is 10.2. The summed E-state index contributed by atoms with van der Waals surface area (Å²) in [4.78, 5) is 19.9. The van der Waals surface area contributed by atoms with Gasteiger partial charge in [-0.3, -0.25) is 10.2 Å². The molecule has 1 unspecified atom stereocenters. The Hall–Kier alpha value is -1.93. The molecule has 0 saturated heterocycles. The molecule has 5 N–H and O–H groups in total. The van der Waals surface area contributed by atoms with Gasteiger partial charge in [0.15, 0.2) is 0 Å². The van der Waals surface area contributed by atoms with Gasteiger partial charge in [0, 0.05) is 25.4 Å². The van der Waals surface area contributed by atoms with E-state index in [2.05, 4.69) is 26.0 Å². The molecule has 1 aromatic heterocycles. The number of amides is 1. The van der Waals surface area contributed by atoms with E-state index in [-0.39, 0.29) is 5.91 Å². The molecule has 0 bridgehead atoms. The molecule has 0 saturated carbocycles. The third-order valence-corrected chi connectivity index (χ3v) is 2.45. The molecule has 8 nitrogen and oxygen atoms in total. The summed E-state index contributed by atoms with van der Waals surface area (Å²) < 4.78 is 4.86. The van der Waals surface area contributed by atoms with Gasteiger partial charge in [-0.15, -0.1) is 0 Å². The van der Waals surface area contributed by atoms with E-state index in [0.717, 1.165) is 5.56 Å². The molecule has 0 spiro atoms. The minimum absolute atomic E-state index is 0.127. The van der Waals surface area contributed by atoms with Crippen molar-refractivity contribution in [2.45, 2.75) is 19.9 Å². The van der Waals surface area contributed by atoms with Crippen molar-refractivity contribution in [2.75, 3.05) is 31.0 Å². The Balaban J connectivity index is 2.60. The Morgan fingerprint density at radius 2 is 2.32 bits per heavy atom. The summed E-state index contributed by atoms with van der Waals surface area (Å²) in [6, 6.07) is -0.420. The van der Waals surface area contributed by atoms with E-state index in [1.54, 1.807) is 20.2 Å². The Kier molecular flexibility index (Phi) is 5.97. The summed E-state index contributed by atoms with van der Waals surface area (Å²) in [5.41, 5.74) is 3.19. The van der Waals surface area contributed by atoms with Gasteiger partial charge >= 0.3 is 0 Å². The molecule has 1 atom stereocenters. The second kappa shape index (κ2) is 7.49. The molecule has 0 aliphatic rings. The lowest BCUT2D eigenvalue weighted by Gasteiger charge is -2.16. The van der Waals surface area contributed by atoms with Crippen molar-refractivity contribution in [3.63, 3.8) is 0 Å². The lowest BCUT2D eigenvalue weighted by molar-refractivity contribution is -0.121. The number of aromatic nitrogens is 2. The number of nitrogen functional groups attached to an aromatic ring is 1. The fourth-order valence-electron chi connectivity index (χ4n) is 1.36. The van der Waals surface area contributed by atoms with Gasteiger partial charge < -0.3 is 15.4 Å². The third-order valence-electron chi connectivity index (χ3n) is 2.45. The van der Waals surface area contributed by atoms with Gasteiger partial charge in [-0.1, -0.05) is 0 Å². The molecule has 0 radical (unpaired) electrons. The number of ether oxygens (including phenoxy) is 1. The number of rotatable bonds is 7. The largest absolute Gasteiger partial charge is 0.383 e. The topological polar surface area (TPSA) is 114 Å². The second-order valence-corrected chi connectivity index (χ2v) is 4.02. The third kappa shape index (κ3) is 4.68. The first-order chi connectivity index (χ1) is 9.08. The Morgan fingerprint density at radius 3 is 2.95 bits per heavy atom. The van der Waals surface area contributed by atoms with Crippen LogP contribution in [0.25, 0.3) is 0 Å². The Morgan fingerprint density at radius 1 is 1.58 bits per heavy atom. The summed E-state index contributed by atoms with van der Waals surface area (Å²) in [6.07, 6.45) is 1.63. The van der Waals surface area contributed by atoms with Crippen LogP contribution in [0.2, 0.25) is 0 Å². The molecule has 1 heterocycles. The number of methoxy groups -OCH3 is 1. The molecule has 1 aromatic rings. The summed E-state index contributed by atoms with van der Waals surface area (Å²) in [6.45, 7) is 4.55. The van der Waals surface area contributed by atoms with Crippen LogP contribution in [0.5, 0.6) is 0 Å². The van der Waals surface area contributed by atoms with Crippen LogP contribution in [-0.4, -0.2) is 42.2 Å². The van der Waals surface area contributed by atoms with E-state index in [1.165, 1.54) is 0 Å². The zero-order valence-corrected chi connectivity index (χ0v) is 11.4. The number of carbonyl (C=O) groups is 1. The fourth-order valence-corrected chi connectivity index (χ4v) is 1.36. The minimum atomic E-state index is -0.420. The van der Waals surface area contributed by atoms with Crippen molar-refractivity contribution in [1.29, 1.82) is 0 Å². The molecule has 0 fully saturated rings. The number of anilines is 2. The SMILES string of the molecule is COCCNC(=O)C(C)Nc1nc(NN)ncc1C. The number of hydrogen-bond donors (Lipinski definition) is 4. The average molecular weight is 268 g/mol. The van der Waals surface area contributed by atoms with Crippen molar-refractivity contribution in [1.82, 2.24) is 15.3 Å². The van der Waals surface area contributed by atoms with Crippen LogP contribution in [0, 0.1) is 6.92 Å². The van der Waals surface area contributed by atoms with E-state index in [9.17, 15) is 4.79 Å². The van der Waals surface area contributed by atoms with Crippen molar-refractivity contribution in [3.05, 3.63) is 11.8 Å². The van der Waals surface area contributed by atoms with E-state index >= 15 is 0 Å². The van der Waals surface area contributed by atoms with Crippen molar-refractivity contribution >= 4 is 17.7 Å². The Labute approximate surface area is 112 Å². The molecular formula is C11H20N6O2. The summed E-state index contributed by atoms with van der Waals surface area (Å²) in [5.74, 6) is 5.98. The van der Waals surface area contributed by atoms with Crippen LogP contribution < -0.4 is 21.9 Å². The van der Waals surface area contributed by atoms with Crippen molar-refractivity contribution < 1.29 is 9.53 Å². The predicted octanol–water partition coefficient (Wildman–Crippen LogP) is -0.366. The first-order valence-corrected chi connectivity index (χ1v) is 5.92. The van der Waals surface area contributed by atoms with E-state index in [4.69, 9.17) is 10.6 Å². The number of carbonyl (C=O) groups excluding carboxylic acids is 1. The zero-order valence-electron chi connectivity index (χ0n) is 11.4. The summed E-state index contributed by atoms with van der Waals surface area (Å²) in [7, 11) is 1.58. The van der Waals surface area contributed by atoms with Gasteiger partial charge in [-0.2, -0.15) is 4.98 Å². The summed E-state index contributed by atoms with van der Waals surface area (Å²) in [5, 5.41) is 5.75. The molecule has 0 aromatic carbocycles. The molecule has 8 heteroatoms. The Bertz CT molecular complexity index is 426. The highest BCUT2D eigenvalue weighted by Crippen LogP contribution is 2.12. The van der Waals surface area contributed by atoms with E-state index < -0.39 is 6.04 Å². The monoisotopic (exact) mass is 268 g/mol. The second-order valence-electron chi connectivity index (χ2n) is 4.02. The maximum Gasteiger partial charge on any atom is 0.242 e. The quantitative estimate of drug-likeness (QED) is 0.303. The highest BCUT2D eigenvalue weighted by atomic mass is 16.5. The van der Waals surface area contributed by atoms with Crippen molar-refractivity contribution in [3.8, 4) is 0 Å². The molecule has 1 amide bonds. The van der Waals surface area contributed by atoms with Gasteiger partial charge in [0.1, 0.15) is 11.9 Å². The van der Waals surface area contributed by atoms with Crippen LogP contribution in [0.3, 0.4) is 0 Å². The van der Waals surface area contributed by atoms with Crippen LogP contribution in [0.1, 0.15) is 12.5 Å². The maximum atomic E-state index is 11.8. The fraction of sp³-hybridized carbons (Fsp3) is 0.545. The molecule has 0 aliphatic heterocycles. The van der Waals surface area contributed by atoms with E-state index in [0.29, 0.717) is 24.9 Å². The predicted molar refractivity (Wildman–Crippen MR) is 72.5 cm³/mol.